The lowest BCUT2D eigenvalue weighted by Gasteiger charge is -2.12. The van der Waals surface area contributed by atoms with E-state index in [1.807, 2.05) is 13.8 Å². The van der Waals surface area contributed by atoms with Gasteiger partial charge in [-0.2, -0.15) is 10.2 Å². The average molecular weight is 446 g/mol. The highest BCUT2D eigenvalue weighted by Crippen LogP contribution is 2.26. The molecule has 1 aromatic carbocycles. The molecule has 28 heavy (non-hydrogen) atoms. The molecule has 1 atom stereocenters. The number of hydrogen-bond acceptors (Lipinski definition) is 5. The molecular weight excluding hydrogens is 426 g/mol. The maximum absolute atomic E-state index is 12.4. The van der Waals surface area contributed by atoms with Gasteiger partial charge in [0.15, 0.2) is 5.69 Å². The third kappa shape index (κ3) is 4.28. The summed E-state index contributed by atoms with van der Waals surface area (Å²) in [6.45, 7) is 5.75. The Morgan fingerprint density at radius 2 is 1.75 bits per heavy atom. The zero-order chi connectivity index (χ0) is 20.3. The van der Waals surface area contributed by atoms with Crippen LogP contribution in [0.25, 0.3) is 0 Å². The van der Waals surface area contributed by atoms with Gasteiger partial charge in [0.25, 0.3) is 5.91 Å². The second-order valence-corrected chi connectivity index (χ2v) is 7.32. The first-order valence-electron chi connectivity index (χ1n) is 8.67. The van der Waals surface area contributed by atoms with Crippen LogP contribution in [0, 0.1) is 0 Å². The van der Waals surface area contributed by atoms with Crippen molar-refractivity contribution < 1.29 is 9.59 Å². The molecule has 0 saturated heterocycles. The monoisotopic (exact) mass is 445 g/mol. The van der Waals surface area contributed by atoms with Gasteiger partial charge in [0.1, 0.15) is 18.7 Å². The van der Waals surface area contributed by atoms with Crippen LogP contribution in [0.2, 0.25) is 0 Å². The number of halogens is 1. The first-order chi connectivity index (χ1) is 13.4. The summed E-state index contributed by atoms with van der Waals surface area (Å²) in [6, 6.07) is 6.34. The van der Waals surface area contributed by atoms with E-state index < -0.39 is 6.04 Å². The van der Waals surface area contributed by atoms with Gasteiger partial charge in [-0.05, 0) is 53.0 Å². The van der Waals surface area contributed by atoms with Gasteiger partial charge >= 0.3 is 0 Å². The predicted octanol–water partition coefficient (Wildman–Crippen LogP) is 3.34. The SMILES string of the molecule is CC(C)c1[nH]nc(C(=O)Nc2ccc(NC(=O)C(C)n3cncn3)cc2)c1Br. The topological polar surface area (TPSA) is 118 Å². The molecule has 0 aliphatic heterocycles. The van der Waals surface area contributed by atoms with E-state index in [0.29, 0.717) is 21.5 Å². The normalized spacial score (nSPS) is 12.0. The highest BCUT2D eigenvalue weighted by Gasteiger charge is 2.19. The molecular formula is C18H20BrN7O2. The minimum Gasteiger partial charge on any atom is -0.324 e. The molecule has 0 radical (unpaired) electrons. The second-order valence-electron chi connectivity index (χ2n) is 6.53. The minimum atomic E-state index is -0.492. The van der Waals surface area contributed by atoms with Crippen LogP contribution in [-0.2, 0) is 4.79 Å². The Balaban J connectivity index is 1.63. The van der Waals surface area contributed by atoms with E-state index in [0.717, 1.165) is 5.69 Å². The van der Waals surface area contributed by atoms with Crippen molar-refractivity contribution in [1.82, 2.24) is 25.0 Å². The summed E-state index contributed by atoms with van der Waals surface area (Å²) in [7, 11) is 0. The van der Waals surface area contributed by atoms with Crippen molar-refractivity contribution in [3.8, 4) is 0 Å². The number of hydrogen-bond donors (Lipinski definition) is 3. The molecule has 1 unspecified atom stereocenters. The zero-order valence-corrected chi connectivity index (χ0v) is 17.2. The van der Waals surface area contributed by atoms with Crippen molar-refractivity contribution in [2.45, 2.75) is 32.7 Å². The fourth-order valence-corrected chi connectivity index (χ4v) is 3.30. The van der Waals surface area contributed by atoms with Gasteiger partial charge in [0.2, 0.25) is 5.91 Å². The third-order valence-electron chi connectivity index (χ3n) is 4.15. The number of amides is 2. The molecule has 0 bridgehead atoms. The van der Waals surface area contributed by atoms with Crippen molar-refractivity contribution >= 4 is 39.1 Å². The fourth-order valence-electron chi connectivity index (χ4n) is 2.49. The second kappa shape index (κ2) is 8.34. The molecule has 0 aliphatic rings. The number of anilines is 2. The van der Waals surface area contributed by atoms with Gasteiger partial charge in [0, 0.05) is 11.4 Å². The lowest BCUT2D eigenvalue weighted by atomic mass is 10.1. The average Bonchev–Trinajstić information content (AvgIpc) is 3.32. The Labute approximate surface area is 170 Å². The number of rotatable bonds is 6. The van der Waals surface area contributed by atoms with Gasteiger partial charge in [-0.25, -0.2) is 9.67 Å². The number of nitrogens with zero attached hydrogens (tertiary/aromatic N) is 4. The number of benzene rings is 1. The standard InChI is InChI=1S/C18H20BrN7O2/c1-10(2)15-14(19)16(25-24-15)18(28)23-13-6-4-12(5-7-13)22-17(27)11(3)26-9-20-8-21-26/h4-11H,1-3H3,(H,22,27)(H,23,28)(H,24,25). The summed E-state index contributed by atoms with van der Waals surface area (Å²) in [4.78, 5) is 28.5. The van der Waals surface area contributed by atoms with Crippen molar-refractivity contribution in [1.29, 1.82) is 0 Å². The summed E-state index contributed by atoms with van der Waals surface area (Å²) >= 11 is 3.42. The van der Waals surface area contributed by atoms with Crippen molar-refractivity contribution in [2.24, 2.45) is 0 Å². The Morgan fingerprint density at radius 3 is 2.29 bits per heavy atom. The number of carbonyl (C=O) groups excluding carboxylic acids is 2. The smallest absolute Gasteiger partial charge is 0.277 e. The number of aromatic amines is 1. The maximum atomic E-state index is 12.4. The number of aromatic nitrogens is 5. The molecule has 2 amide bonds. The predicted molar refractivity (Wildman–Crippen MR) is 108 cm³/mol. The van der Waals surface area contributed by atoms with Crippen molar-refractivity contribution in [3.63, 3.8) is 0 Å². The van der Waals surface area contributed by atoms with Crippen LogP contribution >= 0.6 is 15.9 Å². The van der Waals surface area contributed by atoms with Crippen molar-refractivity contribution in [2.75, 3.05) is 10.6 Å². The molecule has 146 valence electrons. The Morgan fingerprint density at radius 1 is 1.11 bits per heavy atom. The van der Waals surface area contributed by atoms with Gasteiger partial charge in [-0.1, -0.05) is 13.8 Å². The molecule has 3 N–H and O–H groups in total. The summed E-state index contributed by atoms with van der Waals surface area (Å²) in [6.07, 6.45) is 2.86. The van der Waals surface area contributed by atoms with Gasteiger partial charge < -0.3 is 10.6 Å². The van der Waals surface area contributed by atoms with E-state index in [1.54, 1.807) is 31.2 Å². The van der Waals surface area contributed by atoms with Crippen LogP contribution in [0.15, 0.2) is 41.4 Å². The Hall–Kier alpha value is -3.01. The summed E-state index contributed by atoms with van der Waals surface area (Å²) < 4.78 is 2.13. The molecule has 2 aromatic heterocycles. The van der Waals surface area contributed by atoms with Crippen LogP contribution in [0.3, 0.4) is 0 Å². The van der Waals surface area contributed by atoms with Crippen LogP contribution < -0.4 is 10.6 Å². The van der Waals surface area contributed by atoms with Gasteiger partial charge in [-0.15, -0.1) is 0 Å². The third-order valence-corrected chi connectivity index (χ3v) is 4.95. The first kappa shape index (κ1) is 19.7. The van der Waals surface area contributed by atoms with Crippen LogP contribution in [-0.4, -0.2) is 36.8 Å². The van der Waals surface area contributed by atoms with Gasteiger partial charge in [-0.3, -0.25) is 14.7 Å². The lowest BCUT2D eigenvalue weighted by Crippen LogP contribution is -2.24. The van der Waals surface area contributed by atoms with E-state index in [9.17, 15) is 9.59 Å². The molecule has 2 heterocycles. The summed E-state index contributed by atoms with van der Waals surface area (Å²) in [5.74, 6) is -0.332. The van der Waals surface area contributed by atoms with Crippen LogP contribution in [0.5, 0.6) is 0 Å². The highest BCUT2D eigenvalue weighted by atomic mass is 79.9. The molecule has 3 rings (SSSR count). The highest BCUT2D eigenvalue weighted by molar-refractivity contribution is 9.10. The molecule has 0 fully saturated rings. The van der Waals surface area contributed by atoms with Crippen LogP contribution in [0.1, 0.15) is 48.9 Å². The largest absolute Gasteiger partial charge is 0.324 e. The molecule has 9 nitrogen and oxygen atoms in total. The van der Waals surface area contributed by atoms with E-state index >= 15 is 0 Å². The van der Waals surface area contributed by atoms with E-state index in [4.69, 9.17) is 0 Å². The van der Waals surface area contributed by atoms with E-state index in [1.165, 1.54) is 17.3 Å². The van der Waals surface area contributed by atoms with E-state index in [-0.39, 0.29) is 17.7 Å². The van der Waals surface area contributed by atoms with Gasteiger partial charge in [0.05, 0.1) is 10.2 Å². The fraction of sp³-hybridized carbons (Fsp3) is 0.278. The maximum Gasteiger partial charge on any atom is 0.277 e. The van der Waals surface area contributed by atoms with E-state index in [2.05, 4.69) is 46.8 Å². The quantitative estimate of drug-likeness (QED) is 0.537. The number of nitrogens with one attached hydrogen (secondary N) is 3. The molecule has 0 spiro atoms. The molecule has 0 aliphatic carbocycles. The first-order valence-corrected chi connectivity index (χ1v) is 9.46. The molecule has 10 heteroatoms. The molecule has 0 saturated carbocycles. The Kier molecular flexibility index (Phi) is 5.88. The summed E-state index contributed by atoms with van der Waals surface area (Å²) in [5, 5.41) is 16.5. The summed E-state index contributed by atoms with van der Waals surface area (Å²) in [5.41, 5.74) is 2.36. The zero-order valence-electron chi connectivity index (χ0n) is 15.6. The van der Waals surface area contributed by atoms with Crippen molar-refractivity contribution in [3.05, 3.63) is 52.8 Å². The number of H-pyrrole nitrogens is 1. The Bertz CT molecular complexity index is 964. The minimum absolute atomic E-state index is 0.214. The molecule has 3 aromatic rings. The lowest BCUT2D eigenvalue weighted by molar-refractivity contribution is -0.119. The number of carbonyl (C=O) groups is 2. The van der Waals surface area contributed by atoms with Crippen LogP contribution in [0.4, 0.5) is 11.4 Å².